The molecule has 1 aliphatic rings. The van der Waals surface area contributed by atoms with E-state index < -0.39 is 0 Å². The summed E-state index contributed by atoms with van der Waals surface area (Å²) in [7, 11) is 0. The molecule has 1 unspecified atom stereocenters. The van der Waals surface area contributed by atoms with E-state index >= 15 is 0 Å². The van der Waals surface area contributed by atoms with Crippen LogP contribution in [0.2, 0.25) is 0 Å². The molecular formula is C24H23NO. The molecule has 0 bridgehead atoms. The van der Waals surface area contributed by atoms with Crippen LogP contribution in [0.3, 0.4) is 0 Å². The summed E-state index contributed by atoms with van der Waals surface area (Å²) in [4.78, 5) is 15.4. The van der Waals surface area contributed by atoms with Crippen LogP contribution in [0.1, 0.15) is 44.2 Å². The molecule has 0 aliphatic carbocycles. The molecule has 0 aromatic heterocycles. The zero-order chi connectivity index (χ0) is 18.1. The van der Waals surface area contributed by atoms with Crippen molar-refractivity contribution in [1.29, 1.82) is 0 Å². The van der Waals surface area contributed by atoms with Gasteiger partial charge in [0.2, 0.25) is 0 Å². The Hall–Kier alpha value is -2.87. The fourth-order valence-corrected chi connectivity index (χ4v) is 3.86. The van der Waals surface area contributed by atoms with Gasteiger partial charge in [-0.15, -0.1) is 0 Å². The molecule has 0 radical (unpaired) electrons. The third kappa shape index (κ3) is 2.92. The first-order chi connectivity index (χ1) is 12.6. The summed E-state index contributed by atoms with van der Waals surface area (Å²) in [6.45, 7) is 4.84. The van der Waals surface area contributed by atoms with E-state index in [-0.39, 0.29) is 11.9 Å². The number of aryl methyl sites for hydroxylation is 2. The Morgan fingerprint density at radius 3 is 2.35 bits per heavy atom. The minimum Gasteiger partial charge on any atom is -0.327 e. The van der Waals surface area contributed by atoms with Gasteiger partial charge < -0.3 is 4.90 Å². The van der Waals surface area contributed by atoms with Crippen LogP contribution in [-0.2, 0) is 6.42 Å². The van der Waals surface area contributed by atoms with Gasteiger partial charge in [0.05, 0.1) is 6.04 Å². The Kier molecular flexibility index (Phi) is 4.34. The van der Waals surface area contributed by atoms with E-state index in [1.807, 2.05) is 36.1 Å². The number of nitrogens with zero attached hydrogens (tertiary/aromatic N) is 1. The molecule has 0 saturated heterocycles. The average Bonchev–Trinajstić information content (AvgIpc) is 2.68. The van der Waals surface area contributed by atoms with Crippen molar-refractivity contribution in [2.75, 3.05) is 6.54 Å². The van der Waals surface area contributed by atoms with Crippen LogP contribution in [0.5, 0.6) is 0 Å². The molecule has 2 nitrogen and oxygen atoms in total. The SMILES string of the molecule is Cc1ccc(C2c3ccccc3CCN2C(=O)c2ccccc2C)cc1. The third-order valence-corrected chi connectivity index (χ3v) is 5.31. The van der Waals surface area contributed by atoms with Crippen molar-refractivity contribution in [3.63, 3.8) is 0 Å². The molecule has 0 N–H and O–H groups in total. The first-order valence-electron chi connectivity index (χ1n) is 9.16. The van der Waals surface area contributed by atoms with Crippen molar-refractivity contribution in [3.8, 4) is 0 Å². The van der Waals surface area contributed by atoms with E-state index in [1.165, 1.54) is 22.3 Å². The van der Waals surface area contributed by atoms with Crippen LogP contribution in [0.25, 0.3) is 0 Å². The van der Waals surface area contributed by atoms with E-state index in [4.69, 9.17) is 0 Å². The van der Waals surface area contributed by atoms with Crippen molar-refractivity contribution in [3.05, 3.63) is 106 Å². The van der Waals surface area contributed by atoms with Gasteiger partial charge in [-0.2, -0.15) is 0 Å². The number of carbonyl (C=O) groups excluding carboxylic acids is 1. The van der Waals surface area contributed by atoms with E-state index in [9.17, 15) is 4.79 Å². The molecule has 1 aliphatic heterocycles. The topological polar surface area (TPSA) is 20.3 Å². The van der Waals surface area contributed by atoms with E-state index in [0.29, 0.717) is 0 Å². The predicted molar refractivity (Wildman–Crippen MR) is 105 cm³/mol. The highest BCUT2D eigenvalue weighted by Gasteiger charge is 2.32. The van der Waals surface area contributed by atoms with Crippen LogP contribution < -0.4 is 0 Å². The lowest BCUT2D eigenvalue weighted by atomic mass is 9.87. The maximum absolute atomic E-state index is 13.4. The van der Waals surface area contributed by atoms with Crippen LogP contribution in [0, 0.1) is 13.8 Å². The Bertz CT molecular complexity index is 942. The lowest BCUT2D eigenvalue weighted by molar-refractivity contribution is 0.0694. The molecule has 3 aromatic carbocycles. The molecule has 3 aromatic rings. The van der Waals surface area contributed by atoms with Crippen molar-refractivity contribution >= 4 is 5.91 Å². The summed E-state index contributed by atoms with van der Waals surface area (Å²) in [5, 5.41) is 0. The summed E-state index contributed by atoms with van der Waals surface area (Å²) < 4.78 is 0. The van der Waals surface area contributed by atoms with Gasteiger partial charge in [0.15, 0.2) is 0 Å². The number of benzene rings is 3. The number of hydrogen-bond donors (Lipinski definition) is 0. The Morgan fingerprint density at radius 1 is 0.885 bits per heavy atom. The molecule has 2 heteroatoms. The second-order valence-electron chi connectivity index (χ2n) is 7.08. The predicted octanol–water partition coefficient (Wildman–Crippen LogP) is 5.09. The van der Waals surface area contributed by atoms with Gasteiger partial charge in [0, 0.05) is 12.1 Å². The average molecular weight is 341 g/mol. The first-order valence-corrected chi connectivity index (χ1v) is 9.16. The van der Waals surface area contributed by atoms with Gasteiger partial charge in [-0.3, -0.25) is 4.79 Å². The fraction of sp³-hybridized carbons (Fsp3) is 0.208. The van der Waals surface area contributed by atoms with E-state index in [2.05, 4.69) is 55.5 Å². The molecule has 1 atom stereocenters. The zero-order valence-electron chi connectivity index (χ0n) is 15.3. The monoisotopic (exact) mass is 341 g/mol. The molecular weight excluding hydrogens is 318 g/mol. The lowest BCUT2D eigenvalue weighted by Gasteiger charge is -2.38. The molecule has 0 spiro atoms. The van der Waals surface area contributed by atoms with E-state index in [0.717, 1.165) is 24.1 Å². The highest BCUT2D eigenvalue weighted by atomic mass is 16.2. The molecule has 4 rings (SSSR count). The van der Waals surface area contributed by atoms with Gasteiger partial charge in [-0.25, -0.2) is 0 Å². The maximum atomic E-state index is 13.4. The first kappa shape index (κ1) is 16.6. The zero-order valence-corrected chi connectivity index (χ0v) is 15.3. The van der Waals surface area contributed by atoms with Crippen molar-refractivity contribution < 1.29 is 4.79 Å². The largest absolute Gasteiger partial charge is 0.327 e. The summed E-state index contributed by atoms with van der Waals surface area (Å²) in [6.07, 6.45) is 0.899. The van der Waals surface area contributed by atoms with Crippen molar-refractivity contribution in [1.82, 2.24) is 4.90 Å². The second kappa shape index (κ2) is 6.80. The lowest BCUT2D eigenvalue weighted by Crippen LogP contribution is -2.40. The van der Waals surface area contributed by atoms with E-state index in [1.54, 1.807) is 0 Å². The second-order valence-corrected chi connectivity index (χ2v) is 7.08. The Morgan fingerprint density at radius 2 is 1.58 bits per heavy atom. The minimum absolute atomic E-state index is 0.0346. The molecule has 26 heavy (non-hydrogen) atoms. The molecule has 1 heterocycles. The van der Waals surface area contributed by atoms with Crippen LogP contribution in [0.4, 0.5) is 0 Å². The quantitative estimate of drug-likeness (QED) is 0.636. The summed E-state index contributed by atoms with van der Waals surface area (Å²) in [5.41, 5.74) is 6.80. The highest BCUT2D eigenvalue weighted by molar-refractivity contribution is 5.96. The smallest absolute Gasteiger partial charge is 0.254 e. The highest BCUT2D eigenvalue weighted by Crippen LogP contribution is 2.36. The van der Waals surface area contributed by atoms with Crippen LogP contribution >= 0.6 is 0 Å². The van der Waals surface area contributed by atoms with Gasteiger partial charge >= 0.3 is 0 Å². The molecule has 0 saturated carbocycles. The minimum atomic E-state index is -0.0346. The van der Waals surface area contributed by atoms with Crippen LogP contribution in [-0.4, -0.2) is 17.4 Å². The number of amides is 1. The normalized spacial score (nSPS) is 16.2. The van der Waals surface area contributed by atoms with Gasteiger partial charge in [0.25, 0.3) is 5.91 Å². The van der Waals surface area contributed by atoms with Gasteiger partial charge in [0.1, 0.15) is 0 Å². The van der Waals surface area contributed by atoms with Crippen LogP contribution in [0.15, 0.2) is 72.8 Å². The Labute approximate surface area is 155 Å². The summed E-state index contributed by atoms with van der Waals surface area (Å²) >= 11 is 0. The van der Waals surface area contributed by atoms with Gasteiger partial charge in [-0.05, 0) is 48.6 Å². The van der Waals surface area contributed by atoms with Gasteiger partial charge in [-0.1, -0.05) is 72.3 Å². The third-order valence-electron chi connectivity index (χ3n) is 5.31. The maximum Gasteiger partial charge on any atom is 0.254 e. The molecule has 0 fully saturated rings. The number of hydrogen-bond acceptors (Lipinski definition) is 1. The van der Waals surface area contributed by atoms with Crippen molar-refractivity contribution in [2.24, 2.45) is 0 Å². The number of rotatable bonds is 2. The summed E-state index contributed by atoms with van der Waals surface area (Å²) in [6, 6.07) is 24.9. The number of fused-ring (bicyclic) bond motifs is 1. The standard InChI is InChI=1S/C24H23NO/c1-17-11-13-20(14-12-17)23-22-10-6-4-8-19(22)15-16-25(23)24(26)21-9-5-3-7-18(21)2/h3-14,23H,15-16H2,1-2H3. The fourth-order valence-electron chi connectivity index (χ4n) is 3.86. The molecule has 130 valence electrons. The Balaban J connectivity index is 1.82. The van der Waals surface area contributed by atoms with Crippen molar-refractivity contribution in [2.45, 2.75) is 26.3 Å². The number of carbonyl (C=O) groups is 1. The molecule has 1 amide bonds. The summed E-state index contributed by atoms with van der Waals surface area (Å²) in [5.74, 6) is 0.114.